The van der Waals surface area contributed by atoms with Gasteiger partial charge in [0.25, 0.3) is 0 Å². The van der Waals surface area contributed by atoms with E-state index in [4.69, 9.17) is 0 Å². The van der Waals surface area contributed by atoms with Gasteiger partial charge >= 0.3 is 5.97 Å². The second-order valence-electron chi connectivity index (χ2n) is 5.55. The molecular weight excluding hydrogens is 302 g/mol. The first-order valence-electron chi connectivity index (χ1n) is 7.54. The third-order valence-electron chi connectivity index (χ3n) is 3.82. The van der Waals surface area contributed by atoms with Crippen LogP contribution in [0.15, 0.2) is 54.7 Å². The SMILES string of the molecule is Cc1ccc(Nc2nc(-c3ccccc3)ncc2C(=O)O)cc1C. The summed E-state index contributed by atoms with van der Waals surface area (Å²) in [6.07, 6.45) is 1.33. The number of rotatable bonds is 4. The molecule has 0 radical (unpaired) electrons. The van der Waals surface area contributed by atoms with Gasteiger partial charge in [0.2, 0.25) is 0 Å². The molecule has 2 aromatic carbocycles. The smallest absolute Gasteiger partial charge is 0.341 e. The van der Waals surface area contributed by atoms with Crippen molar-refractivity contribution in [1.29, 1.82) is 0 Å². The Hall–Kier alpha value is -3.21. The summed E-state index contributed by atoms with van der Waals surface area (Å²) in [5, 5.41) is 12.5. The van der Waals surface area contributed by atoms with Gasteiger partial charge in [-0.25, -0.2) is 14.8 Å². The molecule has 0 saturated heterocycles. The van der Waals surface area contributed by atoms with Crippen LogP contribution in [0.3, 0.4) is 0 Å². The van der Waals surface area contributed by atoms with E-state index in [1.54, 1.807) is 0 Å². The molecule has 5 nitrogen and oxygen atoms in total. The van der Waals surface area contributed by atoms with Crippen molar-refractivity contribution in [3.05, 3.63) is 71.4 Å². The van der Waals surface area contributed by atoms with Crippen molar-refractivity contribution in [2.24, 2.45) is 0 Å². The zero-order valence-corrected chi connectivity index (χ0v) is 13.4. The Morgan fingerprint density at radius 1 is 1.04 bits per heavy atom. The van der Waals surface area contributed by atoms with E-state index in [-0.39, 0.29) is 11.4 Å². The van der Waals surface area contributed by atoms with E-state index in [0.29, 0.717) is 5.82 Å². The zero-order valence-electron chi connectivity index (χ0n) is 13.4. The van der Waals surface area contributed by atoms with Crippen LogP contribution < -0.4 is 5.32 Å². The molecule has 0 amide bonds. The normalized spacial score (nSPS) is 10.4. The topological polar surface area (TPSA) is 75.1 Å². The Balaban J connectivity index is 2.03. The van der Waals surface area contributed by atoms with Crippen LogP contribution in [0.4, 0.5) is 11.5 Å². The number of anilines is 2. The van der Waals surface area contributed by atoms with Gasteiger partial charge in [0, 0.05) is 17.4 Å². The maximum Gasteiger partial charge on any atom is 0.341 e. The fourth-order valence-corrected chi connectivity index (χ4v) is 2.32. The van der Waals surface area contributed by atoms with Crippen LogP contribution >= 0.6 is 0 Å². The Bertz CT molecular complexity index is 892. The summed E-state index contributed by atoms with van der Waals surface area (Å²) in [5.41, 5.74) is 3.95. The number of nitrogens with one attached hydrogen (secondary N) is 1. The largest absolute Gasteiger partial charge is 0.477 e. The minimum atomic E-state index is -1.07. The fourth-order valence-electron chi connectivity index (χ4n) is 2.32. The Morgan fingerprint density at radius 3 is 2.46 bits per heavy atom. The van der Waals surface area contributed by atoms with Crippen molar-refractivity contribution < 1.29 is 9.90 Å². The van der Waals surface area contributed by atoms with E-state index < -0.39 is 5.97 Å². The van der Waals surface area contributed by atoms with Gasteiger partial charge in [0.05, 0.1) is 0 Å². The monoisotopic (exact) mass is 319 g/mol. The lowest BCUT2D eigenvalue weighted by molar-refractivity contribution is 0.0697. The summed E-state index contributed by atoms with van der Waals surface area (Å²) in [6.45, 7) is 4.04. The van der Waals surface area contributed by atoms with Crippen molar-refractivity contribution in [2.75, 3.05) is 5.32 Å². The van der Waals surface area contributed by atoms with Crippen molar-refractivity contribution in [1.82, 2.24) is 9.97 Å². The molecule has 1 aromatic heterocycles. The maximum absolute atomic E-state index is 11.5. The standard InChI is InChI=1S/C19H17N3O2/c1-12-8-9-15(10-13(12)2)21-18-16(19(23)24)11-20-17(22-18)14-6-4-3-5-7-14/h3-11H,1-2H3,(H,23,24)(H,20,21,22). The van der Waals surface area contributed by atoms with Gasteiger partial charge in [0.15, 0.2) is 5.82 Å². The number of hydrogen-bond donors (Lipinski definition) is 2. The highest BCUT2D eigenvalue weighted by atomic mass is 16.4. The van der Waals surface area contributed by atoms with Crippen LogP contribution in [-0.2, 0) is 0 Å². The van der Waals surface area contributed by atoms with Gasteiger partial charge in [0.1, 0.15) is 11.4 Å². The summed E-state index contributed by atoms with van der Waals surface area (Å²) in [4.78, 5) is 20.0. The van der Waals surface area contributed by atoms with Gasteiger partial charge in [-0.05, 0) is 37.1 Å². The molecule has 0 spiro atoms. The number of benzene rings is 2. The minimum Gasteiger partial charge on any atom is -0.477 e. The Kier molecular flexibility index (Phi) is 4.24. The number of aryl methyl sites for hydroxylation is 2. The molecule has 0 bridgehead atoms. The summed E-state index contributed by atoms with van der Waals surface area (Å²) >= 11 is 0. The average Bonchev–Trinajstić information content (AvgIpc) is 2.59. The molecule has 0 unspecified atom stereocenters. The van der Waals surface area contributed by atoms with E-state index in [9.17, 15) is 9.90 Å². The number of aromatic nitrogens is 2. The highest BCUT2D eigenvalue weighted by Gasteiger charge is 2.15. The molecular formula is C19H17N3O2. The van der Waals surface area contributed by atoms with Gasteiger partial charge < -0.3 is 10.4 Å². The summed E-state index contributed by atoms with van der Waals surface area (Å²) < 4.78 is 0. The van der Waals surface area contributed by atoms with Crippen molar-refractivity contribution in [3.63, 3.8) is 0 Å². The molecule has 120 valence electrons. The van der Waals surface area contributed by atoms with Crippen molar-refractivity contribution in [2.45, 2.75) is 13.8 Å². The number of carboxylic acid groups (broad SMARTS) is 1. The molecule has 0 atom stereocenters. The van der Waals surface area contributed by atoms with Gasteiger partial charge in [-0.15, -0.1) is 0 Å². The molecule has 24 heavy (non-hydrogen) atoms. The van der Waals surface area contributed by atoms with Crippen LogP contribution in [-0.4, -0.2) is 21.0 Å². The number of aromatic carboxylic acids is 1. The molecule has 5 heteroatoms. The van der Waals surface area contributed by atoms with Crippen LogP contribution in [0, 0.1) is 13.8 Å². The number of carboxylic acids is 1. The van der Waals surface area contributed by atoms with Gasteiger partial charge in [-0.2, -0.15) is 0 Å². The van der Waals surface area contributed by atoms with Crippen molar-refractivity contribution >= 4 is 17.5 Å². The molecule has 3 rings (SSSR count). The average molecular weight is 319 g/mol. The van der Waals surface area contributed by atoms with E-state index in [0.717, 1.165) is 16.8 Å². The fraction of sp³-hybridized carbons (Fsp3) is 0.105. The second kappa shape index (κ2) is 6.50. The summed E-state index contributed by atoms with van der Waals surface area (Å²) in [7, 11) is 0. The number of hydrogen-bond acceptors (Lipinski definition) is 4. The molecule has 0 aliphatic rings. The second-order valence-corrected chi connectivity index (χ2v) is 5.55. The first-order valence-corrected chi connectivity index (χ1v) is 7.54. The molecule has 0 aliphatic carbocycles. The van der Waals surface area contributed by atoms with Crippen LogP contribution in [0.2, 0.25) is 0 Å². The van der Waals surface area contributed by atoms with E-state index in [2.05, 4.69) is 15.3 Å². The van der Waals surface area contributed by atoms with Crippen LogP contribution in [0.5, 0.6) is 0 Å². The molecule has 3 aromatic rings. The molecule has 2 N–H and O–H groups in total. The first-order chi connectivity index (χ1) is 11.5. The maximum atomic E-state index is 11.5. The molecule has 0 saturated carbocycles. The number of carbonyl (C=O) groups is 1. The summed E-state index contributed by atoms with van der Waals surface area (Å²) in [5.74, 6) is -0.313. The lowest BCUT2D eigenvalue weighted by Crippen LogP contribution is -2.07. The minimum absolute atomic E-state index is 0.0351. The van der Waals surface area contributed by atoms with E-state index >= 15 is 0 Å². The highest BCUT2D eigenvalue weighted by molar-refractivity contribution is 5.94. The first kappa shape index (κ1) is 15.7. The van der Waals surface area contributed by atoms with E-state index in [1.807, 2.05) is 62.4 Å². The van der Waals surface area contributed by atoms with Crippen molar-refractivity contribution in [3.8, 4) is 11.4 Å². The predicted octanol–water partition coefficient (Wildman–Crippen LogP) is 4.20. The quantitative estimate of drug-likeness (QED) is 0.753. The Morgan fingerprint density at radius 2 is 1.79 bits per heavy atom. The van der Waals surface area contributed by atoms with E-state index in [1.165, 1.54) is 11.8 Å². The highest BCUT2D eigenvalue weighted by Crippen LogP contribution is 2.24. The Labute approximate surface area is 140 Å². The molecule has 1 heterocycles. The van der Waals surface area contributed by atoms with Gasteiger partial charge in [-0.1, -0.05) is 36.4 Å². The number of nitrogens with zero attached hydrogens (tertiary/aromatic N) is 2. The molecule has 0 fully saturated rings. The predicted molar refractivity (Wildman–Crippen MR) is 93.6 cm³/mol. The lowest BCUT2D eigenvalue weighted by Gasteiger charge is -2.11. The van der Waals surface area contributed by atoms with Crippen LogP contribution in [0.25, 0.3) is 11.4 Å². The van der Waals surface area contributed by atoms with Gasteiger partial charge in [-0.3, -0.25) is 0 Å². The van der Waals surface area contributed by atoms with Crippen LogP contribution in [0.1, 0.15) is 21.5 Å². The summed E-state index contributed by atoms with van der Waals surface area (Å²) in [6, 6.07) is 15.3. The third-order valence-corrected chi connectivity index (χ3v) is 3.82. The zero-order chi connectivity index (χ0) is 17.1. The third kappa shape index (κ3) is 3.25. The lowest BCUT2D eigenvalue weighted by atomic mass is 10.1. The molecule has 0 aliphatic heterocycles.